The molecule has 0 aliphatic carbocycles. The first-order chi connectivity index (χ1) is 21.2. The maximum atomic E-state index is 3.55. The highest BCUT2D eigenvalue weighted by atomic mass is 13.7. The van der Waals surface area contributed by atoms with Crippen LogP contribution in [0.25, 0.3) is 0 Å². The molecule has 0 atom stereocenters. The highest BCUT2D eigenvalue weighted by molar-refractivity contribution is 4.78. The average Bonchev–Trinajstić information content (AvgIpc) is 3.05. The largest absolute Gasteiger partial charge is 0.103 e. The van der Waals surface area contributed by atoms with E-state index in [9.17, 15) is 0 Å². The molecular formula is C44H88. The van der Waals surface area contributed by atoms with Crippen LogP contribution in [0.3, 0.4) is 0 Å². The molecule has 0 fully saturated rings. The van der Waals surface area contributed by atoms with Crippen LogP contribution in [0.1, 0.15) is 174 Å². The molecule has 0 heteroatoms. The maximum Gasteiger partial charge on any atom is -0.0353 e. The van der Waals surface area contributed by atoms with Crippen molar-refractivity contribution in [3.8, 4) is 0 Å². The number of allylic oxidation sites excluding steroid dienone is 15. The van der Waals surface area contributed by atoms with E-state index < -0.39 is 0 Å². The molecule has 0 nitrogen and oxygen atoms in total. The van der Waals surface area contributed by atoms with Crippen molar-refractivity contribution in [2.45, 2.75) is 174 Å². The van der Waals surface area contributed by atoms with Crippen molar-refractivity contribution in [3.63, 3.8) is 0 Å². The molecule has 0 aromatic rings. The van der Waals surface area contributed by atoms with E-state index in [0.717, 1.165) is 25.7 Å². The molecule has 0 aromatic carbocycles. The number of unbranched alkanes of at least 4 members (excludes halogenated alkanes) is 3. The van der Waals surface area contributed by atoms with Crippen LogP contribution in [0.15, 0.2) is 111 Å². The number of rotatable bonds is 11. The predicted octanol–water partition coefficient (Wildman–Crippen LogP) is 17.4. The van der Waals surface area contributed by atoms with Crippen molar-refractivity contribution in [1.29, 1.82) is 0 Å². The van der Waals surface area contributed by atoms with Gasteiger partial charge in [-0.25, -0.2) is 0 Å². The molecule has 0 aromatic heterocycles. The third kappa shape index (κ3) is 276. The quantitative estimate of drug-likeness (QED) is 0.203. The molecular weight excluding hydrogens is 528 g/mol. The first-order valence-corrected chi connectivity index (χ1v) is 17.7. The van der Waals surface area contributed by atoms with E-state index in [2.05, 4.69) is 150 Å². The first kappa shape index (κ1) is 64.6. The Morgan fingerprint density at radius 1 is 0.318 bits per heavy atom. The summed E-state index contributed by atoms with van der Waals surface area (Å²) in [7, 11) is 0. The zero-order chi connectivity index (χ0) is 36.4. The molecule has 0 aliphatic rings. The van der Waals surface area contributed by atoms with Crippen molar-refractivity contribution in [2.75, 3.05) is 0 Å². The summed E-state index contributed by atoms with van der Waals surface area (Å²) in [6.07, 6.45) is 44.0. The molecule has 0 unspecified atom stereocenters. The Morgan fingerprint density at radius 2 is 0.568 bits per heavy atom. The van der Waals surface area contributed by atoms with E-state index >= 15 is 0 Å². The summed E-state index contributed by atoms with van der Waals surface area (Å²) in [6.45, 7) is 41.5. The Kier molecular flexibility index (Phi) is 168. The Hall–Kier alpha value is -2.34. The van der Waals surface area contributed by atoms with Crippen LogP contribution in [-0.2, 0) is 0 Å². The maximum absolute atomic E-state index is 3.55. The van der Waals surface area contributed by atoms with Crippen LogP contribution >= 0.6 is 0 Å². The highest BCUT2D eigenvalue weighted by Crippen LogP contribution is 1.86. The smallest absolute Gasteiger partial charge is 0.0353 e. The van der Waals surface area contributed by atoms with Gasteiger partial charge in [-0.05, 0) is 99.8 Å². The molecule has 0 heterocycles. The van der Waals surface area contributed by atoms with E-state index in [0.29, 0.717) is 0 Å². The van der Waals surface area contributed by atoms with Gasteiger partial charge in [-0.15, -0.1) is 19.7 Å². The van der Waals surface area contributed by atoms with E-state index in [-0.39, 0.29) is 0 Å². The molecule has 0 spiro atoms. The standard InChI is InChI=1S/3C6H12.3C5H10.2C4H8.C3H6/c3*1-3-5-6-4-2;3*1-3-5-4-2;2*1-3-4-2;1-3-2/h5-6H,3-4H2,1-2H3;2*3,5H,4,6H2,1-2H3;2*3,5H,4H2,1-2H3;3H,1,4-5H2,2H3;3-4H,1-2H3;3H,1,4H2,2H3;3H,1H2,2H3/b6-5-;3*5-3+;5-3-;;4-3+;;. The van der Waals surface area contributed by atoms with Gasteiger partial charge in [-0.1, -0.05) is 166 Å². The van der Waals surface area contributed by atoms with Gasteiger partial charge in [-0.2, -0.15) is 0 Å². The minimum Gasteiger partial charge on any atom is -0.103 e. The molecule has 44 heavy (non-hydrogen) atoms. The molecule has 264 valence electrons. The third-order valence-corrected chi connectivity index (χ3v) is 4.08. The van der Waals surface area contributed by atoms with Crippen molar-refractivity contribution in [3.05, 3.63) is 111 Å². The monoisotopic (exact) mass is 617 g/mol. The highest BCUT2D eigenvalue weighted by Gasteiger charge is 1.65. The predicted molar refractivity (Wildman–Crippen MR) is 221 cm³/mol. The number of hydrogen-bond acceptors (Lipinski definition) is 0. The van der Waals surface area contributed by atoms with Crippen LogP contribution in [0.4, 0.5) is 0 Å². The van der Waals surface area contributed by atoms with Crippen molar-refractivity contribution < 1.29 is 0 Å². The van der Waals surface area contributed by atoms with E-state index in [1.807, 2.05) is 58.9 Å². The van der Waals surface area contributed by atoms with Gasteiger partial charge in [0.05, 0.1) is 0 Å². The van der Waals surface area contributed by atoms with Gasteiger partial charge in [0, 0.05) is 0 Å². The van der Waals surface area contributed by atoms with Crippen LogP contribution < -0.4 is 0 Å². The fourth-order valence-electron chi connectivity index (χ4n) is 1.68. The summed E-state index contributed by atoms with van der Waals surface area (Å²) in [5, 5.41) is 0. The van der Waals surface area contributed by atoms with Crippen LogP contribution in [0, 0.1) is 0 Å². The molecule has 0 rings (SSSR count). The van der Waals surface area contributed by atoms with Gasteiger partial charge in [-0.3, -0.25) is 0 Å². The van der Waals surface area contributed by atoms with Crippen LogP contribution in [0.2, 0.25) is 0 Å². The zero-order valence-electron chi connectivity index (χ0n) is 33.6. The molecule has 0 radical (unpaired) electrons. The Balaban J connectivity index is -0.0000000451. The topological polar surface area (TPSA) is 0 Å². The summed E-state index contributed by atoms with van der Waals surface area (Å²) in [6, 6.07) is 0. The van der Waals surface area contributed by atoms with Gasteiger partial charge in [0.15, 0.2) is 0 Å². The minimum atomic E-state index is 1.08. The lowest BCUT2D eigenvalue weighted by Gasteiger charge is -1.76. The Labute approximate surface area is 284 Å². The molecule has 0 aliphatic heterocycles. The molecule has 0 saturated carbocycles. The van der Waals surface area contributed by atoms with Crippen molar-refractivity contribution in [1.82, 2.24) is 0 Å². The molecule has 0 saturated heterocycles. The third-order valence-electron chi connectivity index (χ3n) is 4.08. The zero-order valence-corrected chi connectivity index (χ0v) is 33.6. The average molecular weight is 617 g/mol. The fraction of sp³-hybridized carbons (Fsp3) is 0.591. The minimum absolute atomic E-state index is 1.08. The summed E-state index contributed by atoms with van der Waals surface area (Å²) in [4.78, 5) is 0. The Bertz CT molecular complexity index is 498. The summed E-state index contributed by atoms with van der Waals surface area (Å²) in [5.41, 5.74) is 0. The lowest BCUT2D eigenvalue weighted by molar-refractivity contribution is 0.957. The van der Waals surface area contributed by atoms with Crippen molar-refractivity contribution in [2.24, 2.45) is 0 Å². The van der Waals surface area contributed by atoms with Gasteiger partial charge in [0.25, 0.3) is 0 Å². The lowest BCUT2D eigenvalue weighted by atomic mass is 10.3. The van der Waals surface area contributed by atoms with E-state index in [1.165, 1.54) is 44.9 Å². The summed E-state index contributed by atoms with van der Waals surface area (Å²) >= 11 is 0. The second-order valence-corrected chi connectivity index (χ2v) is 8.81. The fourth-order valence-corrected chi connectivity index (χ4v) is 1.68. The SMILES string of the molecule is C/C=C/C.C/C=C/CC.C/C=C/CCC.C/C=C/CCC.C/C=C\CC.C=CC.C=CCC.C=CCCC.CC/C=C\CC. The van der Waals surface area contributed by atoms with Gasteiger partial charge < -0.3 is 0 Å². The molecule has 0 amide bonds. The lowest BCUT2D eigenvalue weighted by Crippen LogP contribution is -1.55. The van der Waals surface area contributed by atoms with Crippen LogP contribution in [-0.4, -0.2) is 0 Å². The first-order valence-electron chi connectivity index (χ1n) is 17.7. The summed E-state index contributed by atoms with van der Waals surface area (Å²) in [5.74, 6) is 0. The van der Waals surface area contributed by atoms with Gasteiger partial charge >= 0.3 is 0 Å². The van der Waals surface area contributed by atoms with Gasteiger partial charge in [0.2, 0.25) is 0 Å². The molecule has 0 bridgehead atoms. The van der Waals surface area contributed by atoms with E-state index in [4.69, 9.17) is 0 Å². The number of hydrogen-bond donors (Lipinski definition) is 0. The Morgan fingerprint density at radius 3 is 0.614 bits per heavy atom. The second kappa shape index (κ2) is 114. The van der Waals surface area contributed by atoms with E-state index in [1.54, 1.807) is 6.08 Å². The van der Waals surface area contributed by atoms with Crippen molar-refractivity contribution >= 4 is 0 Å². The van der Waals surface area contributed by atoms with Gasteiger partial charge in [0.1, 0.15) is 0 Å². The molecule has 0 N–H and O–H groups in total. The summed E-state index contributed by atoms with van der Waals surface area (Å²) < 4.78 is 0. The normalized spacial score (nSPS) is 9.07. The second-order valence-electron chi connectivity index (χ2n) is 8.81. The van der Waals surface area contributed by atoms with Crippen LogP contribution in [0.5, 0.6) is 0 Å².